The predicted molar refractivity (Wildman–Crippen MR) is 137 cm³/mol. The Bertz CT molecular complexity index is 1810. The summed E-state index contributed by atoms with van der Waals surface area (Å²) < 4.78 is 120. The van der Waals surface area contributed by atoms with Gasteiger partial charge in [-0.1, -0.05) is 72.8 Å². The van der Waals surface area contributed by atoms with Gasteiger partial charge in [0.15, 0.2) is 0 Å². The van der Waals surface area contributed by atoms with Crippen molar-refractivity contribution >= 4 is 37.6 Å². The SMILES string of the molecule is O=C(OC(CS(=O)(=O)O)(C(F)(F)F)C(F)(F)F)C1CC2c3cc4ccccc4cc3C1c1c2ccc2ccccc12. The average Bonchev–Trinajstić information content (AvgIpc) is 2.89. The standard InChI is InChI=1S/C29H20F6O5S/c30-28(31,32)27(29(33,34)35,14-41(37,38)39)40-26(36)23-13-21-19-10-9-15-5-3-4-8-18(15)24(19)25(23)22-12-17-7-2-1-6-16(17)11-20(21)22/h1-12,21,23,25H,13-14H2,(H,37,38,39). The normalized spacial score (nSPS) is 20.6. The zero-order chi connectivity index (χ0) is 29.5. The van der Waals surface area contributed by atoms with E-state index in [0.29, 0.717) is 16.5 Å². The largest absolute Gasteiger partial charge is 0.438 e. The molecular weight excluding hydrogens is 574 g/mol. The topological polar surface area (TPSA) is 80.7 Å². The van der Waals surface area contributed by atoms with Crippen LogP contribution < -0.4 is 0 Å². The fourth-order valence-corrected chi connectivity index (χ4v) is 7.30. The molecule has 0 aliphatic heterocycles. The first kappa shape index (κ1) is 27.5. The smallest absolute Gasteiger partial charge is 0.438 e. The lowest BCUT2D eigenvalue weighted by molar-refractivity contribution is -0.362. The average molecular weight is 595 g/mol. The molecule has 1 N–H and O–H groups in total. The van der Waals surface area contributed by atoms with Crippen LogP contribution in [0.3, 0.4) is 0 Å². The van der Waals surface area contributed by atoms with Crippen LogP contribution in [0.25, 0.3) is 21.5 Å². The lowest BCUT2D eigenvalue weighted by Crippen LogP contribution is -2.64. The summed E-state index contributed by atoms with van der Waals surface area (Å²) >= 11 is 0. The first-order chi connectivity index (χ1) is 19.1. The van der Waals surface area contributed by atoms with Gasteiger partial charge in [-0.3, -0.25) is 9.35 Å². The van der Waals surface area contributed by atoms with Gasteiger partial charge >= 0.3 is 23.9 Å². The molecule has 214 valence electrons. The number of fused-ring (bicyclic) bond motifs is 3. The monoisotopic (exact) mass is 594 g/mol. The molecule has 7 rings (SSSR count). The molecule has 12 heteroatoms. The van der Waals surface area contributed by atoms with E-state index in [4.69, 9.17) is 4.55 Å². The second kappa shape index (κ2) is 8.93. The summed E-state index contributed by atoms with van der Waals surface area (Å²) in [6, 6.07) is 21.8. The molecular formula is C29H20F6O5S. The fourth-order valence-electron chi connectivity index (χ4n) is 6.40. The molecule has 0 fully saturated rings. The minimum Gasteiger partial charge on any atom is -0.438 e. The molecule has 41 heavy (non-hydrogen) atoms. The van der Waals surface area contributed by atoms with Gasteiger partial charge in [0.2, 0.25) is 0 Å². The molecule has 0 aromatic heterocycles. The lowest BCUT2D eigenvalue weighted by atomic mass is 9.58. The number of ether oxygens (including phenoxy) is 1. The van der Waals surface area contributed by atoms with Crippen molar-refractivity contribution in [3.63, 3.8) is 0 Å². The van der Waals surface area contributed by atoms with Crippen LogP contribution in [-0.4, -0.2) is 42.6 Å². The number of halogens is 6. The molecule has 3 unspecified atom stereocenters. The molecule has 2 bridgehead atoms. The van der Waals surface area contributed by atoms with Gasteiger partial charge in [0.25, 0.3) is 10.1 Å². The second-order valence-corrected chi connectivity index (χ2v) is 11.9. The van der Waals surface area contributed by atoms with E-state index in [2.05, 4.69) is 4.74 Å². The maximum Gasteiger partial charge on any atom is 0.438 e. The molecule has 4 aromatic carbocycles. The van der Waals surface area contributed by atoms with Gasteiger partial charge in [-0.25, -0.2) is 0 Å². The van der Waals surface area contributed by atoms with Crippen LogP contribution in [0.1, 0.15) is 40.5 Å². The van der Waals surface area contributed by atoms with Gasteiger partial charge in [0.1, 0.15) is 5.75 Å². The van der Waals surface area contributed by atoms with Gasteiger partial charge in [-0.15, -0.1) is 0 Å². The molecule has 0 saturated heterocycles. The van der Waals surface area contributed by atoms with Crippen LogP contribution >= 0.6 is 0 Å². The fraction of sp³-hybridized carbons (Fsp3) is 0.276. The number of hydrogen-bond acceptors (Lipinski definition) is 4. The van der Waals surface area contributed by atoms with E-state index in [1.165, 1.54) is 0 Å². The van der Waals surface area contributed by atoms with Crippen molar-refractivity contribution in [2.45, 2.75) is 36.2 Å². The quantitative estimate of drug-likeness (QED) is 0.158. The van der Waals surface area contributed by atoms with Crippen molar-refractivity contribution in [3.05, 3.63) is 95.1 Å². The van der Waals surface area contributed by atoms with Gasteiger partial charge in [-0.2, -0.15) is 34.8 Å². The van der Waals surface area contributed by atoms with Gasteiger partial charge in [0.05, 0.1) is 5.92 Å². The minimum atomic E-state index is -6.40. The highest BCUT2D eigenvalue weighted by atomic mass is 32.2. The number of alkyl halides is 6. The first-order valence-corrected chi connectivity index (χ1v) is 14.1. The van der Waals surface area contributed by atoms with E-state index in [-0.39, 0.29) is 6.42 Å². The maximum absolute atomic E-state index is 14.0. The summed E-state index contributed by atoms with van der Waals surface area (Å²) in [5.74, 6) is -7.80. The molecule has 0 amide bonds. The van der Waals surface area contributed by atoms with Crippen molar-refractivity contribution in [1.29, 1.82) is 0 Å². The third-order valence-corrected chi connectivity index (χ3v) is 8.90. The van der Waals surface area contributed by atoms with Crippen LogP contribution in [-0.2, 0) is 19.6 Å². The third-order valence-electron chi connectivity index (χ3n) is 8.12. The highest BCUT2D eigenvalue weighted by molar-refractivity contribution is 7.85. The first-order valence-electron chi connectivity index (χ1n) is 12.5. The zero-order valence-corrected chi connectivity index (χ0v) is 21.6. The Morgan fingerprint density at radius 2 is 1.37 bits per heavy atom. The molecule has 5 nitrogen and oxygen atoms in total. The minimum absolute atomic E-state index is 0.155. The number of carbonyl (C=O) groups excluding carboxylic acids is 1. The van der Waals surface area contributed by atoms with Crippen molar-refractivity contribution in [2.75, 3.05) is 5.75 Å². The Hall–Kier alpha value is -3.64. The lowest BCUT2D eigenvalue weighted by Gasteiger charge is -2.46. The molecule has 0 heterocycles. The molecule has 0 spiro atoms. The summed E-state index contributed by atoms with van der Waals surface area (Å²) in [7, 11) is -5.90. The van der Waals surface area contributed by atoms with Crippen LogP contribution in [0.15, 0.2) is 72.8 Å². The maximum atomic E-state index is 14.0. The molecule has 4 aromatic rings. The molecule has 0 saturated carbocycles. The molecule has 3 aliphatic carbocycles. The molecule has 3 aliphatic rings. The summed E-state index contributed by atoms with van der Waals surface area (Å²) in [5.41, 5.74) is -2.68. The molecule has 3 atom stereocenters. The predicted octanol–water partition coefficient (Wildman–Crippen LogP) is 6.88. The zero-order valence-electron chi connectivity index (χ0n) is 20.8. The number of rotatable bonds is 4. The van der Waals surface area contributed by atoms with E-state index in [9.17, 15) is 39.6 Å². The van der Waals surface area contributed by atoms with Crippen LogP contribution in [0.5, 0.6) is 0 Å². The number of benzene rings is 4. The number of hydrogen-bond donors (Lipinski definition) is 1. The highest BCUT2D eigenvalue weighted by Gasteiger charge is 2.76. The summed E-state index contributed by atoms with van der Waals surface area (Å²) in [6.07, 6.45) is -13.0. The molecule has 0 radical (unpaired) electrons. The Morgan fingerprint density at radius 1 is 0.805 bits per heavy atom. The van der Waals surface area contributed by atoms with E-state index in [0.717, 1.165) is 27.3 Å². The van der Waals surface area contributed by atoms with Gasteiger partial charge in [-0.05, 0) is 50.2 Å². The van der Waals surface area contributed by atoms with Gasteiger partial charge in [0, 0.05) is 11.8 Å². The van der Waals surface area contributed by atoms with E-state index < -0.39 is 57.5 Å². The van der Waals surface area contributed by atoms with Crippen molar-refractivity contribution in [1.82, 2.24) is 0 Å². The Labute approximate surface area is 229 Å². The van der Waals surface area contributed by atoms with Gasteiger partial charge < -0.3 is 4.74 Å². The van der Waals surface area contributed by atoms with Crippen LogP contribution in [0, 0.1) is 5.92 Å². The summed E-state index contributed by atoms with van der Waals surface area (Å²) in [6.45, 7) is 0. The Balaban J connectivity index is 1.55. The van der Waals surface area contributed by atoms with Crippen molar-refractivity contribution in [2.24, 2.45) is 5.92 Å². The number of esters is 1. The highest BCUT2D eigenvalue weighted by Crippen LogP contribution is 2.59. The van der Waals surface area contributed by atoms with Crippen LogP contribution in [0.4, 0.5) is 26.3 Å². The van der Waals surface area contributed by atoms with Crippen molar-refractivity contribution < 1.29 is 48.8 Å². The van der Waals surface area contributed by atoms with E-state index in [1.807, 2.05) is 30.3 Å². The third kappa shape index (κ3) is 4.26. The van der Waals surface area contributed by atoms with Crippen molar-refractivity contribution in [3.8, 4) is 0 Å². The van der Waals surface area contributed by atoms with E-state index in [1.54, 1.807) is 42.5 Å². The van der Waals surface area contributed by atoms with E-state index >= 15 is 0 Å². The Kier molecular flexibility index (Phi) is 5.99. The summed E-state index contributed by atoms with van der Waals surface area (Å²) in [5, 5.41) is 3.09. The Morgan fingerprint density at radius 3 is 1.95 bits per heavy atom. The van der Waals surface area contributed by atoms with Crippen LogP contribution in [0.2, 0.25) is 0 Å². The summed E-state index contributed by atoms with van der Waals surface area (Å²) in [4.78, 5) is 13.5. The second-order valence-electron chi connectivity index (χ2n) is 10.5. The number of carbonyl (C=O) groups is 1.